The summed E-state index contributed by atoms with van der Waals surface area (Å²) in [7, 11) is -4.00. The molecular weight excluding hydrogens is 552 g/mol. The number of nitrogens with one attached hydrogen (secondary N) is 1. The Hall–Kier alpha value is -2.99. The number of nitro benzene ring substituents is 1. The first-order valence-corrected chi connectivity index (χ1v) is 14.0. The van der Waals surface area contributed by atoms with Crippen LogP contribution < -0.4 is 9.62 Å². The number of unbranched alkanes of at least 4 members (excludes halogenated alkanes) is 1. The number of aryl methyl sites for hydroxylation is 1. The van der Waals surface area contributed by atoms with Crippen molar-refractivity contribution in [1.29, 1.82) is 0 Å². The average Bonchev–Trinajstić information content (AvgIpc) is 2.80. The minimum absolute atomic E-state index is 0.0301. The van der Waals surface area contributed by atoms with Gasteiger partial charge >= 0.3 is 0 Å². The molecule has 0 aliphatic rings. The highest BCUT2D eigenvalue weighted by Crippen LogP contribution is 2.28. The largest absolute Gasteiger partial charge is 0.354 e. The molecule has 1 N–H and O–H groups in total. The van der Waals surface area contributed by atoms with E-state index in [9.17, 15) is 28.1 Å². The van der Waals surface area contributed by atoms with E-state index in [4.69, 9.17) is 0 Å². The van der Waals surface area contributed by atoms with Crippen LogP contribution in [0.15, 0.2) is 46.9 Å². The maximum absolute atomic E-state index is 13.6. The summed E-state index contributed by atoms with van der Waals surface area (Å²) in [6.07, 6.45) is 2.60. The third-order valence-electron chi connectivity index (χ3n) is 5.59. The van der Waals surface area contributed by atoms with E-state index < -0.39 is 33.4 Å². The molecule has 0 fully saturated rings. The second-order valence-corrected chi connectivity index (χ2v) is 11.3. The second kappa shape index (κ2) is 12.8. The zero-order valence-corrected chi connectivity index (χ0v) is 23.1. The van der Waals surface area contributed by atoms with Crippen molar-refractivity contribution in [3.8, 4) is 0 Å². The standard InChI is InChI=1S/C24H31BrN4O6S/c1-5-6-12-26-24(31)18(3)27(15-19-8-7-9-20(25)13-19)23(30)16-28(36(4,34)35)22-14-21(29(32)33)11-10-17(22)2/h7-11,13-14,18H,5-6,12,15-16H2,1-4H3,(H,26,31)/t18-/m0/s1. The SMILES string of the molecule is CCCCNC(=O)[C@H](C)N(Cc1cccc(Br)c1)C(=O)CN(c1cc([N+](=O)[O-])ccc1C)S(C)(=O)=O. The molecule has 2 rings (SSSR count). The molecule has 0 heterocycles. The van der Waals surface area contributed by atoms with E-state index in [1.807, 2.05) is 13.0 Å². The minimum Gasteiger partial charge on any atom is -0.354 e. The molecule has 12 heteroatoms. The zero-order chi connectivity index (χ0) is 27.0. The highest BCUT2D eigenvalue weighted by Gasteiger charge is 2.31. The Kier molecular flexibility index (Phi) is 10.4. The third kappa shape index (κ3) is 8.02. The smallest absolute Gasteiger partial charge is 0.271 e. The highest BCUT2D eigenvalue weighted by atomic mass is 79.9. The van der Waals surface area contributed by atoms with Gasteiger partial charge in [0.25, 0.3) is 5.69 Å². The summed E-state index contributed by atoms with van der Waals surface area (Å²) in [5, 5.41) is 14.1. The van der Waals surface area contributed by atoms with Crippen LogP contribution in [0.2, 0.25) is 0 Å². The molecule has 0 radical (unpaired) electrons. The van der Waals surface area contributed by atoms with Crippen molar-refractivity contribution in [2.75, 3.05) is 23.7 Å². The monoisotopic (exact) mass is 582 g/mol. The lowest BCUT2D eigenvalue weighted by Crippen LogP contribution is -2.51. The lowest BCUT2D eigenvalue weighted by Gasteiger charge is -2.32. The van der Waals surface area contributed by atoms with Crippen LogP contribution in [0.1, 0.15) is 37.8 Å². The number of benzene rings is 2. The number of anilines is 1. The zero-order valence-electron chi connectivity index (χ0n) is 20.7. The minimum atomic E-state index is -4.00. The van der Waals surface area contributed by atoms with Gasteiger partial charge in [0.2, 0.25) is 21.8 Å². The first-order valence-electron chi connectivity index (χ1n) is 11.4. The number of amides is 2. The quantitative estimate of drug-likeness (QED) is 0.230. The molecule has 36 heavy (non-hydrogen) atoms. The van der Waals surface area contributed by atoms with Crippen LogP contribution in [-0.2, 0) is 26.2 Å². The summed E-state index contributed by atoms with van der Waals surface area (Å²) in [6.45, 7) is 5.08. The summed E-state index contributed by atoms with van der Waals surface area (Å²) < 4.78 is 27.0. The van der Waals surface area contributed by atoms with Gasteiger partial charge in [-0.15, -0.1) is 0 Å². The van der Waals surface area contributed by atoms with Gasteiger partial charge in [-0.1, -0.05) is 47.5 Å². The fraction of sp³-hybridized carbons (Fsp3) is 0.417. The van der Waals surface area contributed by atoms with Crippen LogP contribution in [0, 0.1) is 17.0 Å². The molecule has 196 valence electrons. The molecule has 2 aromatic rings. The molecule has 0 aliphatic heterocycles. The summed E-state index contributed by atoms with van der Waals surface area (Å²) in [4.78, 5) is 38.4. The van der Waals surface area contributed by atoms with Gasteiger partial charge in [-0.3, -0.25) is 24.0 Å². The molecule has 0 aliphatic carbocycles. The van der Waals surface area contributed by atoms with E-state index in [1.54, 1.807) is 32.0 Å². The van der Waals surface area contributed by atoms with Crippen molar-refractivity contribution < 1.29 is 22.9 Å². The maximum Gasteiger partial charge on any atom is 0.271 e. The number of sulfonamides is 1. The lowest BCUT2D eigenvalue weighted by atomic mass is 10.1. The number of rotatable bonds is 12. The molecule has 10 nitrogen and oxygen atoms in total. The number of carbonyl (C=O) groups excluding carboxylic acids is 2. The van der Waals surface area contributed by atoms with Crippen LogP contribution in [0.25, 0.3) is 0 Å². The van der Waals surface area contributed by atoms with E-state index in [0.29, 0.717) is 12.1 Å². The Balaban J connectivity index is 2.44. The first kappa shape index (κ1) is 29.2. The molecule has 0 saturated carbocycles. The van der Waals surface area contributed by atoms with Crippen molar-refractivity contribution >= 4 is 49.1 Å². The Bertz CT molecular complexity index is 1220. The third-order valence-corrected chi connectivity index (χ3v) is 7.21. The molecule has 2 aromatic carbocycles. The molecule has 2 amide bonds. The highest BCUT2D eigenvalue weighted by molar-refractivity contribution is 9.10. The number of carbonyl (C=O) groups is 2. The van der Waals surface area contributed by atoms with Gasteiger partial charge in [-0.25, -0.2) is 8.42 Å². The topological polar surface area (TPSA) is 130 Å². The summed E-state index contributed by atoms with van der Waals surface area (Å²) in [5.74, 6) is -0.978. The Morgan fingerprint density at radius 2 is 1.89 bits per heavy atom. The summed E-state index contributed by atoms with van der Waals surface area (Å²) in [6, 6.07) is 10.2. The van der Waals surface area contributed by atoms with Crippen LogP contribution >= 0.6 is 15.9 Å². The predicted octanol–water partition coefficient (Wildman–Crippen LogP) is 3.77. The fourth-order valence-corrected chi connectivity index (χ4v) is 4.87. The molecular formula is C24H31BrN4O6S. The van der Waals surface area contributed by atoms with Crippen LogP contribution in [-0.4, -0.2) is 55.4 Å². The van der Waals surface area contributed by atoms with Crippen LogP contribution in [0.5, 0.6) is 0 Å². The van der Waals surface area contributed by atoms with Crippen LogP contribution in [0.4, 0.5) is 11.4 Å². The van der Waals surface area contributed by atoms with Crippen molar-refractivity contribution in [1.82, 2.24) is 10.2 Å². The van der Waals surface area contributed by atoms with E-state index in [2.05, 4.69) is 21.2 Å². The maximum atomic E-state index is 13.6. The molecule has 0 saturated heterocycles. The van der Waals surface area contributed by atoms with Gasteiger partial charge in [-0.2, -0.15) is 0 Å². The van der Waals surface area contributed by atoms with Crippen LogP contribution in [0.3, 0.4) is 0 Å². The molecule has 0 aromatic heterocycles. The molecule has 0 unspecified atom stereocenters. The van der Waals surface area contributed by atoms with Gasteiger partial charge in [0.1, 0.15) is 12.6 Å². The number of hydrogen-bond donors (Lipinski definition) is 1. The Labute approximate surface area is 220 Å². The number of nitrogens with zero attached hydrogens (tertiary/aromatic N) is 3. The Morgan fingerprint density at radius 3 is 2.47 bits per heavy atom. The van der Waals surface area contributed by atoms with E-state index >= 15 is 0 Å². The first-order chi connectivity index (χ1) is 16.8. The summed E-state index contributed by atoms with van der Waals surface area (Å²) >= 11 is 3.40. The number of nitro groups is 1. The summed E-state index contributed by atoms with van der Waals surface area (Å²) in [5.41, 5.74) is 0.917. The normalized spacial score (nSPS) is 12.0. The molecule has 0 bridgehead atoms. The second-order valence-electron chi connectivity index (χ2n) is 8.47. The molecule has 0 spiro atoms. The van der Waals surface area contributed by atoms with E-state index in [0.717, 1.165) is 39.5 Å². The number of hydrogen-bond acceptors (Lipinski definition) is 6. The van der Waals surface area contributed by atoms with Gasteiger partial charge in [0, 0.05) is 29.7 Å². The van der Waals surface area contributed by atoms with Gasteiger partial charge in [0.05, 0.1) is 16.9 Å². The predicted molar refractivity (Wildman–Crippen MR) is 142 cm³/mol. The van der Waals surface area contributed by atoms with Gasteiger partial charge in [-0.05, 0) is 43.5 Å². The van der Waals surface area contributed by atoms with Crippen molar-refractivity contribution in [2.45, 2.75) is 46.2 Å². The van der Waals surface area contributed by atoms with Crippen molar-refractivity contribution in [2.24, 2.45) is 0 Å². The van der Waals surface area contributed by atoms with Crippen molar-refractivity contribution in [3.05, 3.63) is 68.2 Å². The number of halogens is 1. The fourth-order valence-electron chi connectivity index (χ4n) is 3.53. The van der Waals surface area contributed by atoms with Gasteiger partial charge < -0.3 is 10.2 Å². The number of non-ortho nitro benzene ring substituents is 1. The van der Waals surface area contributed by atoms with Crippen molar-refractivity contribution in [3.63, 3.8) is 0 Å². The van der Waals surface area contributed by atoms with E-state index in [-0.39, 0.29) is 23.8 Å². The lowest BCUT2D eigenvalue weighted by molar-refractivity contribution is -0.384. The average molecular weight is 584 g/mol. The molecule has 1 atom stereocenters. The van der Waals surface area contributed by atoms with Gasteiger partial charge in [0.15, 0.2) is 0 Å². The Morgan fingerprint density at radius 1 is 1.19 bits per heavy atom. The van der Waals surface area contributed by atoms with E-state index in [1.165, 1.54) is 17.0 Å².